The van der Waals surface area contributed by atoms with E-state index < -0.39 is 9.84 Å². The van der Waals surface area contributed by atoms with Gasteiger partial charge >= 0.3 is 0 Å². The highest BCUT2D eigenvalue weighted by Gasteiger charge is 2.35. The van der Waals surface area contributed by atoms with Crippen molar-refractivity contribution in [2.45, 2.75) is 24.8 Å². The number of halogens is 1. The van der Waals surface area contributed by atoms with Gasteiger partial charge < -0.3 is 10.6 Å². The third-order valence-electron chi connectivity index (χ3n) is 3.72. The summed E-state index contributed by atoms with van der Waals surface area (Å²) >= 11 is 0. The van der Waals surface area contributed by atoms with Crippen molar-refractivity contribution < 1.29 is 13.2 Å². The highest BCUT2D eigenvalue weighted by atomic mass is 35.5. The number of sulfone groups is 1. The average Bonchev–Trinajstić information content (AvgIpc) is 2.84. The first-order valence-corrected chi connectivity index (χ1v) is 8.48. The molecule has 1 amide bonds. The minimum atomic E-state index is -3.17. The molecule has 1 atom stereocenters. The van der Waals surface area contributed by atoms with Crippen LogP contribution in [0.3, 0.4) is 0 Å². The average molecular weight is 333 g/mol. The van der Waals surface area contributed by atoms with Gasteiger partial charge in [0.1, 0.15) is 0 Å². The molecule has 1 aliphatic heterocycles. The number of rotatable bonds is 4. The van der Waals surface area contributed by atoms with Crippen LogP contribution in [0, 0.1) is 5.41 Å². The maximum atomic E-state index is 12.1. The first-order chi connectivity index (χ1) is 9.31. The van der Waals surface area contributed by atoms with Crippen LogP contribution in [0.2, 0.25) is 0 Å². The van der Waals surface area contributed by atoms with Gasteiger partial charge in [-0.2, -0.15) is 0 Å². The second kappa shape index (κ2) is 6.77. The van der Waals surface area contributed by atoms with Crippen LogP contribution in [0.1, 0.15) is 18.9 Å². The fourth-order valence-electron chi connectivity index (χ4n) is 2.26. The molecule has 0 aliphatic carbocycles. The number of hydrogen-bond donors (Lipinski definition) is 2. The Labute approximate surface area is 131 Å². The SMILES string of the molecule is CC1(C(=O)NCc2ccc(S(C)(=O)=O)cc2)CCNC1.Cl. The molecule has 2 N–H and O–H groups in total. The van der Waals surface area contributed by atoms with E-state index in [2.05, 4.69) is 10.6 Å². The topological polar surface area (TPSA) is 75.3 Å². The monoisotopic (exact) mass is 332 g/mol. The lowest BCUT2D eigenvalue weighted by molar-refractivity contribution is -0.129. The van der Waals surface area contributed by atoms with Crippen LogP contribution in [0.5, 0.6) is 0 Å². The van der Waals surface area contributed by atoms with Crippen LogP contribution >= 0.6 is 12.4 Å². The first kappa shape index (κ1) is 17.9. The molecule has 118 valence electrons. The van der Waals surface area contributed by atoms with Gasteiger partial charge in [-0.3, -0.25) is 4.79 Å². The summed E-state index contributed by atoms with van der Waals surface area (Å²) < 4.78 is 22.7. The second-order valence-corrected chi connectivity index (χ2v) is 7.60. The van der Waals surface area contributed by atoms with Gasteiger partial charge in [-0.1, -0.05) is 12.1 Å². The predicted octanol–water partition coefficient (Wildman–Crippen LogP) is 1.13. The molecular weight excluding hydrogens is 312 g/mol. The predicted molar refractivity (Wildman–Crippen MR) is 84.2 cm³/mol. The van der Waals surface area contributed by atoms with Crippen molar-refractivity contribution in [3.05, 3.63) is 29.8 Å². The van der Waals surface area contributed by atoms with E-state index in [0.717, 1.165) is 18.5 Å². The maximum Gasteiger partial charge on any atom is 0.227 e. The molecule has 1 aromatic rings. The summed E-state index contributed by atoms with van der Waals surface area (Å²) in [4.78, 5) is 12.4. The summed E-state index contributed by atoms with van der Waals surface area (Å²) in [6.45, 7) is 3.94. The van der Waals surface area contributed by atoms with Gasteiger partial charge in [-0.05, 0) is 37.6 Å². The quantitative estimate of drug-likeness (QED) is 0.866. The Balaban J connectivity index is 0.00000220. The molecule has 0 spiro atoms. The fourth-order valence-corrected chi connectivity index (χ4v) is 2.89. The zero-order valence-corrected chi connectivity index (χ0v) is 13.8. The molecule has 1 fully saturated rings. The van der Waals surface area contributed by atoms with Crippen LogP contribution in [-0.4, -0.2) is 33.7 Å². The Morgan fingerprint density at radius 3 is 2.43 bits per heavy atom. The number of carbonyl (C=O) groups is 1. The molecule has 1 heterocycles. The maximum absolute atomic E-state index is 12.1. The molecule has 7 heteroatoms. The number of benzene rings is 1. The molecule has 5 nitrogen and oxygen atoms in total. The normalized spacial score (nSPS) is 21.6. The molecule has 0 saturated carbocycles. The molecule has 0 bridgehead atoms. The van der Waals surface area contributed by atoms with Crippen molar-refractivity contribution >= 4 is 28.2 Å². The minimum Gasteiger partial charge on any atom is -0.352 e. The van der Waals surface area contributed by atoms with Crippen molar-refractivity contribution in [1.29, 1.82) is 0 Å². The van der Waals surface area contributed by atoms with Crippen LogP contribution in [0.25, 0.3) is 0 Å². The highest BCUT2D eigenvalue weighted by molar-refractivity contribution is 7.90. The van der Waals surface area contributed by atoms with Gasteiger partial charge in [0.15, 0.2) is 9.84 Å². The number of amides is 1. The van der Waals surface area contributed by atoms with Crippen molar-refractivity contribution in [2.24, 2.45) is 5.41 Å². The molecule has 2 rings (SSSR count). The minimum absolute atomic E-state index is 0. The summed E-state index contributed by atoms with van der Waals surface area (Å²) in [7, 11) is -3.17. The first-order valence-electron chi connectivity index (χ1n) is 6.59. The Bertz CT molecular complexity index is 593. The summed E-state index contributed by atoms with van der Waals surface area (Å²) in [5, 5.41) is 6.10. The van der Waals surface area contributed by atoms with Crippen LogP contribution < -0.4 is 10.6 Å². The smallest absolute Gasteiger partial charge is 0.227 e. The van der Waals surface area contributed by atoms with Gasteiger partial charge in [0.2, 0.25) is 5.91 Å². The summed E-state index contributed by atoms with van der Waals surface area (Å²) in [6.07, 6.45) is 2.02. The summed E-state index contributed by atoms with van der Waals surface area (Å²) in [5.74, 6) is 0.0367. The van der Waals surface area contributed by atoms with Crippen molar-refractivity contribution in [1.82, 2.24) is 10.6 Å². The third-order valence-corrected chi connectivity index (χ3v) is 4.85. The molecule has 0 radical (unpaired) electrons. The number of nitrogens with one attached hydrogen (secondary N) is 2. The van der Waals surface area contributed by atoms with Crippen LogP contribution in [0.15, 0.2) is 29.2 Å². The lowest BCUT2D eigenvalue weighted by Gasteiger charge is -2.21. The number of carbonyl (C=O) groups excluding carboxylic acids is 1. The van der Waals surface area contributed by atoms with Crippen molar-refractivity contribution in [2.75, 3.05) is 19.3 Å². The lowest BCUT2D eigenvalue weighted by atomic mass is 9.89. The van der Waals surface area contributed by atoms with E-state index in [9.17, 15) is 13.2 Å². The van der Waals surface area contributed by atoms with Gasteiger partial charge in [0.05, 0.1) is 10.3 Å². The zero-order valence-electron chi connectivity index (χ0n) is 12.2. The molecule has 1 aromatic carbocycles. The standard InChI is InChI=1S/C14H20N2O3S.ClH/c1-14(7-8-15-10-14)13(17)16-9-11-3-5-12(6-4-11)20(2,18)19;/h3-6,15H,7-10H2,1-2H3,(H,16,17);1H. The van der Waals surface area contributed by atoms with E-state index in [-0.39, 0.29) is 23.7 Å². The Hall–Kier alpha value is -1.11. The molecule has 1 aliphatic rings. The largest absolute Gasteiger partial charge is 0.352 e. The molecular formula is C14H21ClN2O3S. The van der Waals surface area contributed by atoms with E-state index in [0.29, 0.717) is 18.0 Å². The highest BCUT2D eigenvalue weighted by Crippen LogP contribution is 2.24. The fraction of sp³-hybridized carbons (Fsp3) is 0.500. The molecule has 1 saturated heterocycles. The van der Waals surface area contributed by atoms with E-state index in [1.807, 2.05) is 6.92 Å². The van der Waals surface area contributed by atoms with Gasteiger partial charge in [-0.15, -0.1) is 12.4 Å². The molecule has 0 aromatic heterocycles. The van der Waals surface area contributed by atoms with Gasteiger partial charge in [-0.25, -0.2) is 8.42 Å². The number of hydrogen-bond acceptors (Lipinski definition) is 4. The molecule has 1 unspecified atom stereocenters. The van der Waals surface area contributed by atoms with Crippen LogP contribution in [0.4, 0.5) is 0 Å². The summed E-state index contributed by atoms with van der Waals surface area (Å²) in [6, 6.07) is 6.59. The zero-order chi connectivity index (χ0) is 14.8. The van der Waals surface area contributed by atoms with Gasteiger partial charge in [0.25, 0.3) is 0 Å². The van der Waals surface area contributed by atoms with E-state index in [4.69, 9.17) is 0 Å². The third kappa shape index (κ3) is 4.43. The van der Waals surface area contributed by atoms with Gasteiger partial charge in [0, 0.05) is 19.3 Å². The Kier molecular flexibility index (Phi) is 5.78. The lowest BCUT2D eigenvalue weighted by Crippen LogP contribution is -2.40. The van der Waals surface area contributed by atoms with Crippen molar-refractivity contribution in [3.63, 3.8) is 0 Å². The second-order valence-electron chi connectivity index (χ2n) is 5.59. The molecule has 21 heavy (non-hydrogen) atoms. The summed E-state index contributed by atoms with van der Waals surface area (Å²) in [5.41, 5.74) is 0.549. The van der Waals surface area contributed by atoms with Crippen LogP contribution in [-0.2, 0) is 21.2 Å². The Morgan fingerprint density at radius 2 is 1.95 bits per heavy atom. The van der Waals surface area contributed by atoms with E-state index >= 15 is 0 Å². The van der Waals surface area contributed by atoms with E-state index in [1.165, 1.54) is 6.26 Å². The van der Waals surface area contributed by atoms with E-state index in [1.54, 1.807) is 24.3 Å². The van der Waals surface area contributed by atoms with Crippen molar-refractivity contribution in [3.8, 4) is 0 Å². The Morgan fingerprint density at radius 1 is 1.33 bits per heavy atom.